The van der Waals surface area contributed by atoms with E-state index in [0.29, 0.717) is 0 Å². The Morgan fingerprint density at radius 1 is 1.26 bits per heavy atom. The lowest BCUT2D eigenvalue weighted by atomic mass is 10.00. The number of benzene rings is 1. The molecule has 0 saturated carbocycles. The van der Waals surface area contributed by atoms with E-state index in [1.807, 2.05) is 36.5 Å². The number of ether oxygens (including phenoxy) is 1. The van der Waals surface area contributed by atoms with Gasteiger partial charge in [0.25, 0.3) is 0 Å². The minimum atomic E-state index is 0.131. The predicted octanol–water partition coefficient (Wildman–Crippen LogP) is 2.23. The summed E-state index contributed by atoms with van der Waals surface area (Å²) < 4.78 is 5.15. The highest BCUT2D eigenvalue weighted by atomic mass is 16.5. The van der Waals surface area contributed by atoms with Gasteiger partial charge in [0.2, 0.25) is 0 Å². The maximum atomic E-state index is 5.64. The monoisotopic (exact) mass is 257 g/mol. The first-order valence-corrected chi connectivity index (χ1v) is 6.32. The maximum absolute atomic E-state index is 5.64. The molecule has 100 valence electrons. The highest BCUT2D eigenvalue weighted by Crippen LogP contribution is 2.21. The Morgan fingerprint density at radius 2 is 2.05 bits per heavy atom. The minimum absolute atomic E-state index is 0.131. The van der Waals surface area contributed by atoms with Gasteiger partial charge in [-0.2, -0.15) is 0 Å². The van der Waals surface area contributed by atoms with E-state index in [1.165, 1.54) is 5.56 Å². The van der Waals surface area contributed by atoms with E-state index in [4.69, 9.17) is 10.6 Å². The van der Waals surface area contributed by atoms with Crippen LogP contribution in [0, 0.1) is 0 Å². The van der Waals surface area contributed by atoms with Crippen molar-refractivity contribution in [3.05, 3.63) is 59.9 Å². The number of hydrogen-bond donors (Lipinski definition) is 2. The molecule has 1 heterocycles. The van der Waals surface area contributed by atoms with Crippen molar-refractivity contribution in [2.24, 2.45) is 5.84 Å². The molecule has 4 heteroatoms. The normalized spacial score (nSPS) is 12.1. The summed E-state index contributed by atoms with van der Waals surface area (Å²) in [6.07, 6.45) is 5.54. The molecule has 0 fully saturated rings. The molecule has 3 N–H and O–H groups in total. The Kier molecular flexibility index (Phi) is 4.89. The Morgan fingerprint density at radius 3 is 2.63 bits per heavy atom. The molecule has 1 atom stereocenters. The van der Waals surface area contributed by atoms with Crippen LogP contribution in [-0.4, -0.2) is 12.1 Å². The molecule has 2 aromatic rings. The van der Waals surface area contributed by atoms with E-state index in [0.717, 1.165) is 24.2 Å². The van der Waals surface area contributed by atoms with Crippen LogP contribution in [0.25, 0.3) is 0 Å². The van der Waals surface area contributed by atoms with Crippen LogP contribution in [-0.2, 0) is 6.42 Å². The van der Waals surface area contributed by atoms with Crippen LogP contribution in [0.4, 0.5) is 0 Å². The van der Waals surface area contributed by atoms with Gasteiger partial charge >= 0.3 is 0 Å². The van der Waals surface area contributed by atoms with Gasteiger partial charge in [-0.05, 0) is 42.2 Å². The van der Waals surface area contributed by atoms with Crippen LogP contribution in [0.5, 0.6) is 5.75 Å². The number of rotatable bonds is 6. The smallest absolute Gasteiger partial charge is 0.118 e. The first-order chi connectivity index (χ1) is 9.33. The van der Waals surface area contributed by atoms with E-state index in [2.05, 4.69) is 16.5 Å². The third-order valence-corrected chi connectivity index (χ3v) is 3.16. The van der Waals surface area contributed by atoms with Crippen LogP contribution < -0.4 is 16.0 Å². The van der Waals surface area contributed by atoms with Crippen LogP contribution in [0.1, 0.15) is 23.6 Å². The number of nitrogens with two attached hydrogens (primary N) is 1. The molecular weight excluding hydrogens is 238 g/mol. The number of nitrogens with one attached hydrogen (secondary N) is 1. The Balaban J connectivity index is 1.99. The van der Waals surface area contributed by atoms with E-state index >= 15 is 0 Å². The van der Waals surface area contributed by atoms with E-state index in [9.17, 15) is 0 Å². The highest BCUT2D eigenvalue weighted by molar-refractivity contribution is 5.29. The second-order valence-electron chi connectivity index (χ2n) is 4.39. The molecule has 1 aromatic heterocycles. The molecule has 0 spiro atoms. The quantitative estimate of drug-likeness (QED) is 0.615. The van der Waals surface area contributed by atoms with Gasteiger partial charge < -0.3 is 4.74 Å². The Hall–Kier alpha value is -1.91. The molecule has 0 amide bonds. The summed E-state index contributed by atoms with van der Waals surface area (Å²) in [5.41, 5.74) is 5.24. The number of aryl methyl sites for hydroxylation is 1. The number of pyridine rings is 1. The molecular formula is C15H19N3O. The third-order valence-electron chi connectivity index (χ3n) is 3.16. The average Bonchev–Trinajstić information content (AvgIpc) is 2.49. The molecule has 0 aliphatic rings. The second-order valence-corrected chi connectivity index (χ2v) is 4.39. The zero-order valence-electron chi connectivity index (χ0n) is 11.0. The van der Waals surface area contributed by atoms with Crippen molar-refractivity contribution in [1.29, 1.82) is 0 Å². The van der Waals surface area contributed by atoms with Crippen LogP contribution in [0.15, 0.2) is 48.8 Å². The standard InChI is InChI=1S/C15H19N3O/c1-19-14-7-5-13(6-8-14)15(18-16)9-4-12-3-2-10-17-11-12/h2-3,5-8,10-11,15,18H,4,9,16H2,1H3. The SMILES string of the molecule is COc1ccc(C(CCc2cccnc2)NN)cc1. The summed E-state index contributed by atoms with van der Waals surface area (Å²) in [5, 5.41) is 0. The summed E-state index contributed by atoms with van der Waals surface area (Å²) in [7, 11) is 1.66. The van der Waals surface area contributed by atoms with Crippen molar-refractivity contribution in [1.82, 2.24) is 10.4 Å². The summed E-state index contributed by atoms with van der Waals surface area (Å²) in [6.45, 7) is 0. The van der Waals surface area contributed by atoms with Crippen molar-refractivity contribution in [3.8, 4) is 5.75 Å². The molecule has 0 bridgehead atoms. The van der Waals surface area contributed by atoms with Crippen molar-refractivity contribution in [2.75, 3.05) is 7.11 Å². The van der Waals surface area contributed by atoms with Gasteiger partial charge in [0.1, 0.15) is 5.75 Å². The summed E-state index contributed by atoms with van der Waals surface area (Å²) in [5.74, 6) is 6.50. The van der Waals surface area contributed by atoms with Crippen LogP contribution in [0.2, 0.25) is 0 Å². The predicted molar refractivity (Wildman–Crippen MR) is 75.6 cm³/mol. The number of hydrogen-bond acceptors (Lipinski definition) is 4. The minimum Gasteiger partial charge on any atom is -0.497 e. The number of methoxy groups -OCH3 is 1. The molecule has 4 nitrogen and oxygen atoms in total. The number of aromatic nitrogens is 1. The van der Waals surface area contributed by atoms with Crippen molar-refractivity contribution in [2.45, 2.75) is 18.9 Å². The number of hydrazine groups is 1. The largest absolute Gasteiger partial charge is 0.497 e. The van der Waals surface area contributed by atoms with Gasteiger partial charge in [-0.3, -0.25) is 16.3 Å². The highest BCUT2D eigenvalue weighted by Gasteiger charge is 2.09. The summed E-state index contributed by atoms with van der Waals surface area (Å²) in [6, 6.07) is 12.1. The van der Waals surface area contributed by atoms with Gasteiger partial charge in [0.05, 0.1) is 7.11 Å². The fraction of sp³-hybridized carbons (Fsp3) is 0.267. The molecule has 0 aliphatic carbocycles. The zero-order valence-corrected chi connectivity index (χ0v) is 11.0. The van der Waals surface area contributed by atoms with Crippen LogP contribution >= 0.6 is 0 Å². The fourth-order valence-corrected chi connectivity index (χ4v) is 2.04. The average molecular weight is 257 g/mol. The lowest BCUT2D eigenvalue weighted by Crippen LogP contribution is -2.28. The van der Waals surface area contributed by atoms with Crippen molar-refractivity contribution >= 4 is 0 Å². The lowest BCUT2D eigenvalue weighted by molar-refractivity contribution is 0.414. The topological polar surface area (TPSA) is 60.2 Å². The summed E-state index contributed by atoms with van der Waals surface area (Å²) >= 11 is 0. The number of nitrogens with zero attached hydrogens (tertiary/aromatic N) is 1. The molecule has 0 radical (unpaired) electrons. The fourth-order valence-electron chi connectivity index (χ4n) is 2.04. The van der Waals surface area contributed by atoms with E-state index < -0.39 is 0 Å². The maximum Gasteiger partial charge on any atom is 0.118 e. The van der Waals surface area contributed by atoms with Crippen LogP contribution in [0.3, 0.4) is 0 Å². The van der Waals surface area contributed by atoms with Gasteiger partial charge in [0.15, 0.2) is 0 Å². The molecule has 0 aliphatic heterocycles. The molecule has 1 unspecified atom stereocenters. The van der Waals surface area contributed by atoms with Crippen molar-refractivity contribution in [3.63, 3.8) is 0 Å². The first kappa shape index (κ1) is 13.5. The molecule has 19 heavy (non-hydrogen) atoms. The van der Waals surface area contributed by atoms with Gasteiger partial charge in [-0.15, -0.1) is 0 Å². The van der Waals surface area contributed by atoms with Crippen molar-refractivity contribution < 1.29 is 4.74 Å². The van der Waals surface area contributed by atoms with Gasteiger partial charge in [-0.25, -0.2) is 0 Å². The Labute approximate surface area is 113 Å². The molecule has 0 saturated heterocycles. The van der Waals surface area contributed by atoms with E-state index in [-0.39, 0.29) is 6.04 Å². The second kappa shape index (κ2) is 6.87. The van der Waals surface area contributed by atoms with E-state index in [1.54, 1.807) is 13.3 Å². The molecule has 2 rings (SSSR count). The third kappa shape index (κ3) is 3.77. The Bertz CT molecular complexity index is 485. The zero-order chi connectivity index (χ0) is 13.5. The van der Waals surface area contributed by atoms with Gasteiger partial charge in [0, 0.05) is 18.4 Å². The first-order valence-electron chi connectivity index (χ1n) is 6.32. The summed E-state index contributed by atoms with van der Waals surface area (Å²) in [4.78, 5) is 4.12. The van der Waals surface area contributed by atoms with Gasteiger partial charge in [-0.1, -0.05) is 18.2 Å². The molecule has 1 aromatic carbocycles. The lowest BCUT2D eigenvalue weighted by Gasteiger charge is -2.16.